The Kier molecular flexibility index (Phi) is 4.70. The fourth-order valence-electron chi connectivity index (χ4n) is 3.28. The highest BCUT2D eigenvalue weighted by Crippen LogP contribution is 2.45. The molecule has 4 rings (SSSR count). The van der Waals surface area contributed by atoms with Gasteiger partial charge in [-0.1, -0.05) is 29.8 Å². The van der Waals surface area contributed by atoms with Crippen LogP contribution in [0.5, 0.6) is 5.75 Å². The predicted molar refractivity (Wildman–Crippen MR) is 99.0 cm³/mol. The van der Waals surface area contributed by atoms with Crippen molar-refractivity contribution in [3.8, 4) is 11.4 Å². The topological polar surface area (TPSA) is 61.9 Å². The molecule has 1 aliphatic rings. The molecule has 2 aromatic carbocycles. The van der Waals surface area contributed by atoms with E-state index in [1.807, 2.05) is 19.1 Å². The summed E-state index contributed by atoms with van der Waals surface area (Å²) in [6.07, 6.45) is -0.492. The number of alkyl halides is 2. The van der Waals surface area contributed by atoms with Crippen LogP contribution in [0.3, 0.4) is 0 Å². The summed E-state index contributed by atoms with van der Waals surface area (Å²) in [7, 11) is 1.45. The molecule has 0 radical (unpaired) electrons. The molecule has 1 heterocycles. The van der Waals surface area contributed by atoms with Crippen molar-refractivity contribution in [2.75, 3.05) is 0 Å². The van der Waals surface area contributed by atoms with Gasteiger partial charge in [-0.2, -0.15) is 9.36 Å². The Morgan fingerprint density at radius 2 is 2.00 bits per heavy atom. The number of ether oxygens (including phenoxy) is 1. The Labute approximate surface area is 160 Å². The van der Waals surface area contributed by atoms with E-state index in [1.54, 1.807) is 6.07 Å². The summed E-state index contributed by atoms with van der Waals surface area (Å²) >= 11 is 0. The molecule has 3 aromatic rings. The maximum atomic E-state index is 13.6. The van der Waals surface area contributed by atoms with Gasteiger partial charge < -0.3 is 4.74 Å². The predicted octanol–water partition coefficient (Wildman–Crippen LogP) is 3.67. The van der Waals surface area contributed by atoms with Gasteiger partial charge in [0.1, 0.15) is 12.4 Å². The Morgan fingerprint density at radius 1 is 1.21 bits per heavy atom. The molecule has 0 bridgehead atoms. The molecule has 0 atom stereocenters. The minimum Gasteiger partial charge on any atom is -0.489 e. The van der Waals surface area contributed by atoms with E-state index in [9.17, 15) is 13.6 Å². The summed E-state index contributed by atoms with van der Waals surface area (Å²) in [5.41, 5.74) is 2.01. The van der Waals surface area contributed by atoms with Crippen LogP contribution in [0.1, 0.15) is 47.4 Å². The van der Waals surface area contributed by atoms with Crippen molar-refractivity contribution in [1.29, 1.82) is 0 Å². The second kappa shape index (κ2) is 7.18. The molecule has 28 heavy (non-hydrogen) atoms. The molecule has 146 valence electrons. The average molecular weight is 386 g/mol. The van der Waals surface area contributed by atoms with Gasteiger partial charge in [0.2, 0.25) is 0 Å². The number of hydrogen-bond donors (Lipinski definition) is 0. The summed E-state index contributed by atoms with van der Waals surface area (Å²) in [5, 5.41) is 7.46. The molecule has 1 aromatic heterocycles. The Bertz CT molecular complexity index is 1070. The maximum absolute atomic E-state index is 13.6. The van der Waals surface area contributed by atoms with E-state index in [4.69, 9.17) is 4.74 Å². The molecular formula is C20H20F2N4O2. The third-order valence-electron chi connectivity index (χ3n) is 4.93. The fraction of sp³-hybridized carbons (Fsp3) is 0.350. The van der Waals surface area contributed by atoms with E-state index in [2.05, 4.69) is 16.5 Å². The molecule has 0 spiro atoms. The largest absolute Gasteiger partial charge is 0.489 e. The molecule has 0 aliphatic heterocycles. The molecule has 0 saturated heterocycles. The van der Waals surface area contributed by atoms with Crippen molar-refractivity contribution >= 4 is 0 Å². The number of benzene rings is 2. The van der Waals surface area contributed by atoms with E-state index >= 15 is 0 Å². The van der Waals surface area contributed by atoms with Crippen LogP contribution >= 0.6 is 0 Å². The van der Waals surface area contributed by atoms with Crippen molar-refractivity contribution < 1.29 is 13.5 Å². The zero-order chi connectivity index (χ0) is 19.8. The van der Waals surface area contributed by atoms with Crippen LogP contribution in [0.4, 0.5) is 8.78 Å². The van der Waals surface area contributed by atoms with E-state index in [0.29, 0.717) is 11.7 Å². The second-order valence-corrected chi connectivity index (χ2v) is 7.05. The number of hydrogen-bond acceptors (Lipinski definition) is 4. The first-order valence-electron chi connectivity index (χ1n) is 9.08. The summed E-state index contributed by atoms with van der Waals surface area (Å²) < 4.78 is 35.3. The van der Waals surface area contributed by atoms with Crippen LogP contribution in [0.15, 0.2) is 41.2 Å². The van der Waals surface area contributed by atoms with Gasteiger partial charge in [-0.15, -0.1) is 0 Å². The highest BCUT2D eigenvalue weighted by Gasteiger charge is 2.27. The first-order valence-corrected chi connectivity index (χ1v) is 9.08. The quantitative estimate of drug-likeness (QED) is 0.649. The van der Waals surface area contributed by atoms with Gasteiger partial charge in [0.15, 0.2) is 0 Å². The Morgan fingerprint density at radius 3 is 2.64 bits per heavy atom. The lowest BCUT2D eigenvalue weighted by molar-refractivity contribution is 0.148. The van der Waals surface area contributed by atoms with Crippen LogP contribution in [0, 0.1) is 6.92 Å². The molecule has 0 unspecified atom stereocenters. The smallest absolute Gasteiger partial charge is 0.368 e. The fourth-order valence-corrected chi connectivity index (χ4v) is 3.28. The van der Waals surface area contributed by atoms with Crippen molar-refractivity contribution in [2.24, 2.45) is 7.05 Å². The number of aryl methyl sites for hydroxylation is 2. The maximum Gasteiger partial charge on any atom is 0.368 e. The molecule has 0 N–H and O–H groups in total. The summed E-state index contributed by atoms with van der Waals surface area (Å²) in [4.78, 5) is 12.2. The van der Waals surface area contributed by atoms with Gasteiger partial charge in [-0.3, -0.25) is 0 Å². The summed E-state index contributed by atoms with van der Waals surface area (Å²) in [5.74, 6) is 1.15. The average Bonchev–Trinajstić information content (AvgIpc) is 3.47. The van der Waals surface area contributed by atoms with Gasteiger partial charge in [0.05, 0.1) is 5.69 Å². The molecule has 0 amide bonds. The molecular weight excluding hydrogens is 366 g/mol. The zero-order valence-corrected chi connectivity index (χ0v) is 15.6. The third kappa shape index (κ3) is 3.42. The number of halogens is 2. The second-order valence-electron chi connectivity index (χ2n) is 7.05. The first kappa shape index (κ1) is 18.3. The molecule has 6 nitrogen and oxygen atoms in total. The van der Waals surface area contributed by atoms with Gasteiger partial charge in [-0.05, 0) is 53.8 Å². The number of tetrazole rings is 1. The highest BCUT2D eigenvalue weighted by molar-refractivity contribution is 5.47. The lowest BCUT2D eigenvalue weighted by Crippen LogP contribution is -2.23. The van der Waals surface area contributed by atoms with Gasteiger partial charge in [-0.25, -0.2) is 13.6 Å². The highest BCUT2D eigenvalue weighted by atomic mass is 19.3. The normalized spacial score (nSPS) is 13.9. The van der Waals surface area contributed by atoms with Crippen molar-refractivity contribution in [3.05, 3.63) is 69.1 Å². The van der Waals surface area contributed by atoms with Crippen LogP contribution in [0.25, 0.3) is 5.69 Å². The van der Waals surface area contributed by atoms with E-state index in [1.165, 1.54) is 19.2 Å². The van der Waals surface area contributed by atoms with Gasteiger partial charge >= 0.3 is 5.69 Å². The van der Waals surface area contributed by atoms with E-state index in [0.717, 1.165) is 33.3 Å². The lowest BCUT2D eigenvalue weighted by Gasteiger charge is -2.16. The first-order chi connectivity index (χ1) is 13.5. The van der Waals surface area contributed by atoms with Crippen molar-refractivity contribution in [2.45, 2.75) is 38.7 Å². The third-order valence-corrected chi connectivity index (χ3v) is 4.93. The van der Waals surface area contributed by atoms with Crippen LogP contribution in [-0.2, 0) is 13.7 Å². The van der Waals surface area contributed by atoms with Crippen molar-refractivity contribution in [3.63, 3.8) is 0 Å². The lowest BCUT2D eigenvalue weighted by atomic mass is 10.0. The summed E-state index contributed by atoms with van der Waals surface area (Å²) in [6, 6.07) is 10.3. The van der Waals surface area contributed by atoms with Gasteiger partial charge in [0, 0.05) is 18.2 Å². The van der Waals surface area contributed by atoms with Crippen LogP contribution < -0.4 is 10.4 Å². The SMILES string of the molecule is Cc1ccc(OCc2c(C(F)F)cccc2-n2nnn(C)c2=O)c(C2CC2)c1. The summed E-state index contributed by atoms with van der Waals surface area (Å²) in [6.45, 7) is 1.92. The number of rotatable bonds is 6. The van der Waals surface area contributed by atoms with E-state index < -0.39 is 12.1 Å². The minimum absolute atomic E-state index is 0.0956. The van der Waals surface area contributed by atoms with Crippen molar-refractivity contribution in [1.82, 2.24) is 19.8 Å². The monoisotopic (exact) mass is 386 g/mol. The number of aromatic nitrogens is 4. The Hall–Kier alpha value is -3.03. The molecule has 1 fully saturated rings. The Balaban J connectivity index is 1.73. The zero-order valence-electron chi connectivity index (χ0n) is 15.6. The van der Waals surface area contributed by atoms with Gasteiger partial charge in [0.25, 0.3) is 6.43 Å². The standard InChI is InChI=1S/C20H20F2N4O2/c1-12-6-9-18(15(10-12)13-7-8-13)28-11-16-14(19(21)22)4-3-5-17(16)26-20(27)25(2)23-24-26/h3-6,9-10,13,19H,7-8,11H2,1-2H3. The minimum atomic E-state index is -2.70. The van der Waals surface area contributed by atoms with Crippen LogP contribution in [-0.4, -0.2) is 19.8 Å². The molecule has 8 heteroatoms. The number of nitrogens with zero attached hydrogens (tertiary/aromatic N) is 4. The molecule has 1 saturated carbocycles. The van der Waals surface area contributed by atoms with Crippen LogP contribution in [0.2, 0.25) is 0 Å². The molecule has 1 aliphatic carbocycles. The van der Waals surface area contributed by atoms with E-state index in [-0.39, 0.29) is 23.4 Å².